The largest absolute Gasteiger partial charge is 0.497 e. The van der Waals surface area contributed by atoms with Crippen LogP contribution < -0.4 is 4.74 Å². The number of ether oxygens (including phenoxy) is 3. The van der Waals surface area contributed by atoms with E-state index >= 15 is 0 Å². The molecule has 0 saturated heterocycles. The second-order valence-electron chi connectivity index (χ2n) is 5.51. The molecule has 0 spiro atoms. The lowest BCUT2D eigenvalue weighted by molar-refractivity contribution is -0.162. The summed E-state index contributed by atoms with van der Waals surface area (Å²) in [6.45, 7) is 0.142. The van der Waals surface area contributed by atoms with E-state index in [2.05, 4.69) is 6.08 Å². The van der Waals surface area contributed by atoms with E-state index in [1.54, 1.807) is 7.11 Å². The summed E-state index contributed by atoms with van der Waals surface area (Å²) in [5, 5.41) is 9.53. The summed E-state index contributed by atoms with van der Waals surface area (Å²) in [6, 6.07) is 7.59. The summed E-state index contributed by atoms with van der Waals surface area (Å²) in [5.74, 6) is 0.509. The molecule has 2 atom stereocenters. The molecule has 0 saturated carbocycles. The van der Waals surface area contributed by atoms with Crippen molar-refractivity contribution in [1.29, 1.82) is 0 Å². The molecular weight excluding hydrogens is 296 g/mol. The van der Waals surface area contributed by atoms with Gasteiger partial charge in [0.2, 0.25) is 0 Å². The average molecular weight is 320 g/mol. The fourth-order valence-electron chi connectivity index (χ4n) is 2.42. The van der Waals surface area contributed by atoms with Crippen LogP contribution in [-0.4, -0.2) is 37.0 Å². The van der Waals surface area contributed by atoms with Gasteiger partial charge in [-0.3, -0.25) is 4.79 Å². The van der Waals surface area contributed by atoms with E-state index in [1.165, 1.54) is 0 Å². The second-order valence-corrected chi connectivity index (χ2v) is 5.51. The van der Waals surface area contributed by atoms with Gasteiger partial charge < -0.3 is 19.3 Å². The van der Waals surface area contributed by atoms with Crippen molar-refractivity contribution in [3.8, 4) is 5.75 Å². The van der Waals surface area contributed by atoms with Crippen molar-refractivity contribution in [3.05, 3.63) is 42.0 Å². The molecule has 1 aliphatic rings. The zero-order chi connectivity index (χ0) is 16.5. The third-order valence-electron chi connectivity index (χ3n) is 3.79. The van der Waals surface area contributed by atoms with Crippen LogP contribution >= 0.6 is 0 Å². The normalized spacial score (nSPS) is 23.8. The molecule has 0 amide bonds. The molecule has 1 unspecified atom stereocenters. The summed E-state index contributed by atoms with van der Waals surface area (Å²) < 4.78 is 16.4. The number of rotatable bonds is 5. The smallest absolute Gasteiger partial charge is 0.306 e. The maximum Gasteiger partial charge on any atom is 0.306 e. The first-order valence-electron chi connectivity index (χ1n) is 7.93. The summed E-state index contributed by atoms with van der Waals surface area (Å²) in [6.07, 6.45) is 5.68. The third-order valence-corrected chi connectivity index (χ3v) is 3.79. The maximum atomic E-state index is 11.7. The Morgan fingerprint density at radius 2 is 2.04 bits per heavy atom. The van der Waals surface area contributed by atoms with E-state index in [4.69, 9.17) is 14.2 Å². The van der Waals surface area contributed by atoms with E-state index < -0.39 is 6.10 Å². The molecule has 1 heterocycles. The molecule has 5 heteroatoms. The summed E-state index contributed by atoms with van der Waals surface area (Å²) in [7, 11) is 1.62. The van der Waals surface area contributed by atoms with E-state index in [0.717, 1.165) is 24.2 Å². The number of allylic oxidation sites excluding steroid dienone is 1. The molecule has 0 fully saturated rings. The number of methoxy groups -OCH3 is 1. The number of aliphatic hydroxyl groups is 1. The number of carbonyl (C=O) groups is 1. The standard InChI is InChI=1S/C18H24O5/c1-21-15-10-8-14(9-11-15)13-22-16-6-4-2-3-5-7-18(20)23-17(16)12-19/h2,4,8-11,16-17,19H,3,5-7,12-13H2,1H3/b4-2-/t16-,17?/m0/s1. The topological polar surface area (TPSA) is 65.0 Å². The highest BCUT2D eigenvalue weighted by Crippen LogP contribution is 2.17. The molecule has 1 aromatic carbocycles. The molecule has 5 nitrogen and oxygen atoms in total. The van der Waals surface area contributed by atoms with Crippen LogP contribution in [0.15, 0.2) is 36.4 Å². The summed E-state index contributed by atoms with van der Waals surface area (Å²) >= 11 is 0. The minimum atomic E-state index is -0.636. The number of hydrogen-bond acceptors (Lipinski definition) is 5. The van der Waals surface area contributed by atoms with Gasteiger partial charge >= 0.3 is 5.97 Å². The fourth-order valence-corrected chi connectivity index (χ4v) is 2.42. The zero-order valence-electron chi connectivity index (χ0n) is 13.4. The molecular formula is C18H24O5. The van der Waals surface area contributed by atoms with Crippen LogP contribution in [-0.2, 0) is 20.9 Å². The number of aliphatic hydroxyl groups excluding tert-OH is 1. The summed E-state index contributed by atoms with van der Waals surface area (Å²) in [4.78, 5) is 11.7. The Balaban J connectivity index is 1.99. The SMILES string of the molecule is COc1ccc(CO[C@H]2C/C=C\CCCC(=O)OC2CO)cc1. The lowest BCUT2D eigenvalue weighted by Crippen LogP contribution is -2.36. The van der Waals surface area contributed by atoms with Gasteiger partial charge in [0.25, 0.3) is 0 Å². The van der Waals surface area contributed by atoms with Crippen LogP contribution in [0.4, 0.5) is 0 Å². The molecule has 1 N–H and O–H groups in total. The van der Waals surface area contributed by atoms with E-state index in [9.17, 15) is 9.90 Å². The highest BCUT2D eigenvalue weighted by Gasteiger charge is 2.25. The lowest BCUT2D eigenvalue weighted by Gasteiger charge is -2.25. The van der Waals surface area contributed by atoms with Crippen LogP contribution in [0.5, 0.6) is 5.75 Å². The third kappa shape index (κ3) is 5.69. The van der Waals surface area contributed by atoms with Gasteiger partial charge in [-0.25, -0.2) is 0 Å². The van der Waals surface area contributed by atoms with Gasteiger partial charge in [0.15, 0.2) is 6.10 Å². The van der Waals surface area contributed by atoms with E-state index in [0.29, 0.717) is 19.4 Å². The first-order valence-corrected chi connectivity index (χ1v) is 7.93. The van der Waals surface area contributed by atoms with Crippen molar-refractivity contribution in [3.63, 3.8) is 0 Å². The van der Waals surface area contributed by atoms with Crippen LogP contribution in [0, 0.1) is 0 Å². The number of hydrogen-bond donors (Lipinski definition) is 1. The first-order chi connectivity index (χ1) is 11.2. The Morgan fingerprint density at radius 1 is 1.26 bits per heavy atom. The quantitative estimate of drug-likeness (QED) is 0.667. The van der Waals surface area contributed by atoms with Crippen LogP contribution in [0.3, 0.4) is 0 Å². The Hall–Kier alpha value is -1.85. The van der Waals surface area contributed by atoms with Gasteiger partial charge in [-0.2, -0.15) is 0 Å². The van der Waals surface area contributed by atoms with Crippen molar-refractivity contribution in [2.24, 2.45) is 0 Å². The van der Waals surface area contributed by atoms with Gasteiger partial charge in [-0.15, -0.1) is 0 Å². The van der Waals surface area contributed by atoms with E-state index in [-0.39, 0.29) is 18.7 Å². The number of carbonyl (C=O) groups excluding carboxylic acids is 1. The molecule has 23 heavy (non-hydrogen) atoms. The number of benzene rings is 1. The Kier molecular flexibility index (Phi) is 7.10. The molecule has 0 aliphatic carbocycles. The molecule has 0 bridgehead atoms. The molecule has 126 valence electrons. The van der Waals surface area contributed by atoms with Crippen molar-refractivity contribution in [2.75, 3.05) is 13.7 Å². The molecule has 0 aromatic heterocycles. The van der Waals surface area contributed by atoms with E-state index in [1.807, 2.05) is 30.3 Å². The minimum Gasteiger partial charge on any atom is -0.497 e. The average Bonchev–Trinajstić information content (AvgIpc) is 2.59. The highest BCUT2D eigenvalue weighted by atomic mass is 16.6. The maximum absolute atomic E-state index is 11.7. The van der Waals surface area contributed by atoms with Gasteiger partial charge in [0.1, 0.15) is 11.9 Å². The molecule has 1 aliphatic heterocycles. The van der Waals surface area contributed by atoms with Gasteiger partial charge in [0, 0.05) is 6.42 Å². The van der Waals surface area contributed by atoms with Crippen LogP contribution in [0.25, 0.3) is 0 Å². The summed E-state index contributed by atoms with van der Waals surface area (Å²) in [5.41, 5.74) is 0.995. The number of cyclic esters (lactones) is 1. The molecule has 0 radical (unpaired) electrons. The Labute approximate surface area is 136 Å². The fraction of sp³-hybridized carbons (Fsp3) is 0.500. The number of esters is 1. The zero-order valence-corrected chi connectivity index (χ0v) is 13.4. The van der Waals surface area contributed by atoms with Gasteiger partial charge in [-0.1, -0.05) is 24.3 Å². The highest BCUT2D eigenvalue weighted by molar-refractivity contribution is 5.69. The molecule has 2 rings (SSSR count). The predicted octanol–water partition coefficient (Wildman–Crippen LogP) is 2.61. The van der Waals surface area contributed by atoms with Crippen LogP contribution in [0.2, 0.25) is 0 Å². The Bertz CT molecular complexity index is 509. The van der Waals surface area contributed by atoms with Crippen molar-refractivity contribution >= 4 is 5.97 Å². The second kappa shape index (κ2) is 9.33. The predicted molar refractivity (Wildman–Crippen MR) is 86.1 cm³/mol. The van der Waals surface area contributed by atoms with Crippen molar-refractivity contribution in [2.45, 2.75) is 44.5 Å². The van der Waals surface area contributed by atoms with Gasteiger partial charge in [0.05, 0.1) is 20.3 Å². The van der Waals surface area contributed by atoms with Crippen molar-refractivity contribution < 1.29 is 24.1 Å². The minimum absolute atomic E-state index is 0.243. The van der Waals surface area contributed by atoms with Crippen molar-refractivity contribution in [1.82, 2.24) is 0 Å². The Morgan fingerprint density at radius 3 is 2.74 bits per heavy atom. The monoisotopic (exact) mass is 320 g/mol. The molecule has 1 aromatic rings. The lowest BCUT2D eigenvalue weighted by atomic mass is 10.1. The van der Waals surface area contributed by atoms with Crippen LogP contribution in [0.1, 0.15) is 31.2 Å². The van der Waals surface area contributed by atoms with Gasteiger partial charge in [-0.05, 0) is 37.0 Å². The first kappa shape index (κ1) is 17.5.